The van der Waals surface area contributed by atoms with Crippen LogP contribution in [-0.2, 0) is 13.0 Å². The number of hydrogen-bond donors (Lipinski definition) is 1. The number of benzene rings is 2. The summed E-state index contributed by atoms with van der Waals surface area (Å²) in [5, 5.41) is 13.8. The standard InChI is InChI=1S/C18H15FN4/c19-15-8-4-7-14(9-15)10-17-16(11-20)18(21)23(22-17)12-13-5-2-1-3-6-13/h1-9H,10,12,21H2. The lowest BCUT2D eigenvalue weighted by atomic mass is 10.1. The molecular weight excluding hydrogens is 291 g/mol. The van der Waals surface area contributed by atoms with E-state index in [0.29, 0.717) is 30.0 Å². The quantitative estimate of drug-likeness (QED) is 0.805. The highest BCUT2D eigenvalue weighted by molar-refractivity contribution is 5.53. The van der Waals surface area contributed by atoms with Crippen LogP contribution in [0.2, 0.25) is 0 Å². The van der Waals surface area contributed by atoms with Crippen LogP contribution in [0.5, 0.6) is 0 Å². The molecule has 4 nitrogen and oxygen atoms in total. The van der Waals surface area contributed by atoms with Gasteiger partial charge in [0.15, 0.2) is 0 Å². The van der Waals surface area contributed by atoms with Gasteiger partial charge in [0.1, 0.15) is 23.3 Å². The molecule has 0 aliphatic rings. The highest BCUT2D eigenvalue weighted by atomic mass is 19.1. The number of rotatable bonds is 4. The minimum atomic E-state index is -0.308. The van der Waals surface area contributed by atoms with Crippen molar-refractivity contribution in [2.24, 2.45) is 0 Å². The fourth-order valence-corrected chi connectivity index (χ4v) is 2.49. The second-order valence-electron chi connectivity index (χ2n) is 5.27. The van der Waals surface area contributed by atoms with Gasteiger partial charge in [-0.1, -0.05) is 42.5 Å². The molecule has 1 aromatic heterocycles. The van der Waals surface area contributed by atoms with Crippen LogP contribution in [0.4, 0.5) is 10.2 Å². The zero-order chi connectivity index (χ0) is 16.2. The molecule has 2 aromatic carbocycles. The molecule has 0 fully saturated rings. The summed E-state index contributed by atoms with van der Waals surface area (Å²) in [7, 11) is 0. The highest BCUT2D eigenvalue weighted by Crippen LogP contribution is 2.20. The van der Waals surface area contributed by atoms with E-state index in [1.807, 2.05) is 30.3 Å². The van der Waals surface area contributed by atoms with E-state index in [-0.39, 0.29) is 5.82 Å². The van der Waals surface area contributed by atoms with E-state index in [0.717, 1.165) is 11.1 Å². The molecule has 5 heteroatoms. The zero-order valence-corrected chi connectivity index (χ0v) is 12.4. The molecule has 0 amide bonds. The number of aromatic nitrogens is 2. The Morgan fingerprint density at radius 3 is 2.52 bits per heavy atom. The van der Waals surface area contributed by atoms with Gasteiger partial charge in [0.05, 0.1) is 12.2 Å². The first-order valence-electron chi connectivity index (χ1n) is 7.21. The molecular formula is C18H15FN4. The lowest BCUT2D eigenvalue weighted by Crippen LogP contribution is -2.06. The molecule has 0 atom stereocenters. The summed E-state index contributed by atoms with van der Waals surface area (Å²) in [6, 6.07) is 18.1. The van der Waals surface area contributed by atoms with Crippen LogP contribution in [0.15, 0.2) is 54.6 Å². The molecule has 1 heterocycles. The van der Waals surface area contributed by atoms with Crippen molar-refractivity contribution in [3.05, 3.63) is 82.8 Å². The van der Waals surface area contributed by atoms with Crippen molar-refractivity contribution in [3.8, 4) is 6.07 Å². The van der Waals surface area contributed by atoms with Gasteiger partial charge in [-0.25, -0.2) is 9.07 Å². The normalized spacial score (nSPS) is 10.4. The molecule has 0 aliphatic carbocycles. The molecule has 114 valence electrons. The minimum absolute atomic E-state index is 0.308. The molecule has 0 spiro atoms. The summed E-state index contributed by atoms with van der Waals surface area (Å²) in [6.45, 7) is 0.491. The van der Waals surface area contributed by atoms with Crippen LogP contribution in [0.1, 0.15) is 22.4 Å². The van der Waals surface area contributed by atoms with Gasteiger partial charge in [0, 0.05) is 6.42 Å². The number of nitrogens with zero attached hydrogens (tertiary/aromatic N) is 3. The number of nitriles is 1. The van der Waals surface area contributed by atoms with E-state index in [4.69, 9.17) is 5.73 Å². The predicted octanol–water partition coefficient (Wildman–Crippen LogP) is 3.12. The molecule has 0 unspecified atom stereocenters. The summed E-state index contributed by atoms with van der Waals surface area (Å²) in [6.07, 6.45) is 0.368. The molecule has 3 aromatic rings. The maximum atomic E-state index is 13.3. The largest absolute Gasteiger partial charge is 0.383 e. The summed E-state index contributed by atoms with van der Waals surface area (Å²) >= 11 is 0. The van der Waals surface area contributed by atoms with Gasteiger partial charge in [-0.05, 0) is 23.3 Å². The average molecular weight is 306 g/mol. The summed E-state index contributed by atoms with van der Waals surface area (Å²) in [5.74, 6) is 0.0282. The molecule has 0 aliphatic heterocycles. The lowest BCUT2D eigenvalue weighted by Gasteiger charge is -2.03. The van der Waals surface area contributed by atoms with Crippen LogP contribution in [0.25, 0.3) is 0 Å². The Kier molecular flexibility index (Phi) is 4.07. The monoisotopic (exact) mass is 306 g/mol. The number of anilines is 1. The number of nitrogen functional groups attached to an aromatic ring is 1. The Hall–Kier alpha value is -3.13. The molecule has 0 saturated heterocycles. The van der Waals surface area contributed by atoms with Gasteiger partial charge >= 0.3 is 0 Å². The summed E-state index contributed by atoms with van der Waals surface area (Å²) < 4.78 is 14.9. The Morgan fingerprint density at radius 1 is 1.09 bits per heavy atom. The van der Waals surface area contributed by atoms with Crippen LogP contribution >= 0.6 is 0 Å². The molecule has 3 rings (SSSR count). The van der Waals surface area contributed by atoms with Crippen LogP contribution in [0.3, 0.4) is 0 Å². The fourth-order valence-electron chi connectivity index (χ4n) is 2.49. The number of halogens is 1. The van der Waals surface area contributed by atoms with Crippen LogP contribution in [-0.4, -0.2) is 9.78 Å². The Labute approximate surface area is 133 Å². The van der Waals surface area contributed by atoms with E-state index in [9.17, 15) is 9.65 Å². The third-order valence-electron chi connectivity index (χ3n) is 3.61. The SMILES string of the molecule is N#Cc1c(Cc2cccc(F)c2)nn(Cc2ccccc2)c1N. The third kappa shape index (κ3) is 3.22. The minimum Gasteiger partial charge on any atom is -0.383 e. The number of nitrogens with two attached hydrogens (primary N) is 1. The van der Waals surface area contributed by atoms with Crippen molar-refractivity contribution in [1.29, 1.82) is 5.26 Å². The van der Waals surface area contributed by atoms with E-state index in [1.54, 1.807) is 16.8 Å². The van der Waals surface area contributed by atoms with E-state index >= 15 is 0 Å². The fraction of sp³-hybridized carbons (Fsp3) is 0.111. The Balaban J connectivity index is 1.92. The van der Waals surface area contributed by atoms with Crippen molar-refractivity contribution < 1.29 is 4.39 Å². The topological polar surface area (TPSA) is 67.6 Å². The van der Waals surface area contributed by atoms with E-state index < -0.39 is 0 Å². The lowest BCUT2D eigenvalue weighted by molar-refractivity contribution is 0.625. The Bertz CT molecular complexity index is 862. The Morgan fingerprint density at radius 2 is 1.83 bits per heavy atom. The summed E-state index contributed by atoms with van der Waals surface area (Å²) in [5.41, 5.74) is 8.76. The van der Waals surface area contributed by atoms with Gasteiger partial charge in [0.25, 0.3) is 0 Å². The van der Waals surface area contributed by atoms with Gasteiger partial charge < -0.3 is 5.73 Å². The van der Waals surface area contributed by atoms with Gasteiger partial charge in [-0.15, -0.1) is 0 Å². The summed E-state index contributed by atoms with van der Waals surface area (Å²) in [4.78, 5) is 0. The van der Waals surface area contributed by atoms with Gasteiger partial charge in [-0.2, -0.15) is 10.4 Å². The van der Waals surface area contributed by atoms with Crippen molar-refractivity contribution in [2.75, 3.05) is 5.73 Å². The first-order chi connectivity index (χ1) is 11.2. The highest BCUT2D eigenvalue weighted by Gasteiger charge is 2.16. The molecule has 0 saturated carbocycles. The third-order valence-corrected chi connectivity index (χ3v) is 3.61. The maximum Gasteiger partial charge on any atom is 0.140 e. The van der Waals surface area contributed by atoms with E-state index in [1.165, 1.54) is 12.1 Å². The van der Waals surface area contributed by atoms with E-state index in [2.05, 4.69) is 11.2 Å². The average Bonchev–Trinajstić information content (AvgIpc) is 2.83. The molecule has 2 N–H and O–H groups in total. The first kappa shape index (κ1) is 14.8. The van der Waals surface area contributed by atoms with Crippen LogP contribution < -0.4 is 5.73 Å². The number of hydrogen-bond acceptors (Lipinski definition) is 3. The first-order valence-corrected chi connectivity index (χ1v) is 7.21. The van der Waals surface area contributed by atoms with Crippen molar-refractivity contribution in [1.82, 2.24) is 9.78 Å². The molecule has 23 heavy (non-hydrogen) atoms. The van der Waals surface area contributed by atoms with Gasteiger partial charge in [-0.3, -0.25) is 0 Å². The zero-order valence-electron chi connectivity index (χ0n) is 12.4. The second kappa shape index (κ2) is 6.32. The van der Waals surface area contributed by atoms with Crippen molar-refractivity contribution in [3.63, 3.8) is 0 Å². The smallest absolute Gasteiger partial charge is 0.140 e. The van der Waals surface area contributed by atoms with Crippen molar-refractivity contribution in [2.45, 2.75) is 13.0 Å². The second-order valence-corrected chi connectivity index (χ2v) is 5.27. The molecule has 0 bridgehead atoms. The molecule has 0 radical (unpaired) electrons. The van der Waals surface area contributed by atoms with Crippen LogP contribution in [0, 0.1) is 17.1 Å². The predicted molar refractivity (Wildman–Crippen MR) is 86.1 cm³/mol. The maximum absolute atomic E-state index is 13.3. The van der Waals surface area contributed by atoms with Gasteiger partial charge in [0.2, 0.25) is 0 Å². The van der Waals surface area contributed by atoms with Crippen molar-refractivity contribution >= 4 is 5.82 Å².